The molecule has 28 heavy (non-hydrogen) atoms. The largest absolute Gasteiger partial charge is 0.507 e. The Balaban J connectivity index is 1.77. The van der Waals surface area contributed by atoms with Gasteiger partial charge in [0, 0.05) is 10.9 Å². The Hall–Kier alpha value is -2.98. The third kappa shape index (κ3) is 4.65. The van der Waals surface area contributed by atoms with E-state index in [0.29, 0.717) is 16.5 Å². The Labute approximate surface area is 169 Å². The quantitative estimate of drug-likeness (QED) is 0.548. The summed E-state index contributed by atoms with van der Waals surface area (Å²) >= 11 is 5.94. The molecule has 0 fully saturated rings. The molecule has 0 saturated heterocycles. The summed E-state index contributed by atoms with van der Waals surface area (Å²) in [6.45, 7) is 4.10. The lowest BCUT2D eigenvalue weighted by Crippen LogP contribution is -2.21. The maximum Gasteiger partial charge on any atom is 0.259 e. The Morgan fingerprint density at radius 2 is 1.68 bits per heavy atom. The SMILES string of the molecule is CC(Oc1ccccc1NC(=O)c1cc(Cl)ccc1O)C(C)c1ccccc1. The van der Waals surface area contributed by atoms with Crippen LogP contribution in [0.25, 0.3) is 0 Å². The first-order valence-corrected chi connectivity index (χ1v) is 9.44. The van der Waals surface area contributed by atoms with Crippen LogP contribution < -0.4 is 10.1 Å². The molecule has 1 amide bonds. The van der Waals surface area contributed by atoms with Crippen molar-refractivity contribution in [2.75, 3.05) is 5.32 Å². The van der Waals surface area contributed by atoms with Crippen LogP contribution in [-0.4, -0.2) is 17.1 Å². The Morgan fingerprint density at radius 3 is 2.43 bits per heavy atom. The maximum atomic E-state index is 12.6. The molecule has 0 aliphatic rings. The molecular weight excluding hydrogens is 374 g/mol. The van der Waals surface area contributed by atoms with Crippen LogP contribution in [0.3, 0.4) is 0 Å². The number of anilines is 1. The number of halogens is 1. The topological polar surface area (TPSA) is 58.6 Å². The van der Waals surface area contributed by atoms with Crippen molar-refractivity contribution in [2.45, 2.75) is 25.9 Å². The molecular formula is C23H22ClNO3. The van der Waals surface area contributed by atoms with Gasteiger partial charge in [-0.05, 0) is 42.8 Å². The summed E-state index contributed by atoms with van der Waals surface area (Å²) in [5, 5.41) is 13.1. The summed E-state index contributed by atoms with van der Waals surface area (Å²) in [6, 6.07) is 21.7. The van der Waals surface area contributed by atoms with Gasteiger partial charge in [0.25, 0.3) is 5.91 Å². The van der Waals surface area contributed by atoms with E-state index in [2.05, 4.69) is 24.4 Å². The molecule has 0 radical (unpaired) electrons. The first-order valence-electron chi connectivity index (χ1n) is 9.06. The summed E-state index contributed by atoms with van der Waals surface area (Å²) in [5.74, 6) is 0.140. The molecule has 0 spiro atoms. The fourth-order valence-corrected chi connectivity index (χ4v) is 3.05. The maximum absolute atomic E-state index is 12.6. The smallest absolute Gasteiger partial charge is 0.259 e. The van der Waals surface area contributed by atoms with Crippen LogP contribution >= 0.6 is 11.6 Å². The zero-order chi connectivity index (χ0) is 20.1. The fraction of sp³-hybridized carbons (Fsp3) is 0.174. The average Bonchev–Trinajstić information content (AvgIpc) is 2.71. The van der Waals surface area contributed by atoms with Gasteiger partial charge in [0.1, 0.15) is 17.6 Å². The Morgan fingerprint density at radius 1 is 1.00 bits per heavy atom. The van der Waals surface area contributed by atoms with Crippen molar-refractivity contribution in [3.8, 4) is 11.5 Å². The van der Waals surface area contributed by atoms with Gasteiger partial charge in [-0.25, -0.2) is 0 Å². The molecule has 3 aromatic carbocycles. The van der Waals surface area contributed by atoms with Gasteiger partial charge in [-0.3, -0.25) is 4.79 Å². The van der Waals surface area contributed by atoms with E-state index < -0.39 is 5.91 Å². The lowest BCUT2D eigenvalue weighted by atomic mass is 9.96. The summed E-state index contributed by atoms with van der Waals surface area (Å²) in [4.78, 5) is 12.6. The second-order valence-corrected chi connectivity index (χ2v) is 7.07. The number of amides is 1. The number of rotatable bonds is 6. The molecule has 0 aromatic heterocycles. The third-order valence-corrected chi connectivity index (χ3v) is 4.92. The van der Waals surface area contributed by atoms with E-state index in [1.165, 1.54) is 23.8 Å². The number of hydrogen-bond donors (Lipinski definition) is 2. The second kappa shape index (κ2) is 8.81. The first kappa shape index (κ1) is 19.8. The number of aromatic hydroxyl groups is 1. The molecule has 5 heteroatoms. The van der Waals surface area contributed by atoms with E-state index >= 15 is 0 Å². The molecule has 3 aromatic rings. The van der Waals surface area contributed by atoms with E-state index in [1.54, 1.807) is 6.07 Å². The van der Waals surface area contributed by atoms with Crippen molar-refractivity contribution in [3.05, 3.63) is 88.9 Å². The number of nitrogens with one attached hydrogen (secondary N) is 1. The van der Waals surface area contributed by atoms with Crippen LogP contribution in [0.2, 0.25) is 5.02 Å². The van der Waals surface area contributed by atoms with E-state index in [0.717, 1.165) is 0 Å². The predicted octanol–water partition coefficient (Wildman–Crippen LogP) is 5.87. The van der Waals surface area contributed by atoms with Gasteiger partial charge in [-0.2, -0.15) is 0 Å². The molecule has 0 heterocycles. The highest BCUT2D eigenvalue weighted by molar-refractivity contribution is 6.31. The first-order chi connectivity index (χ1) is 13.5. The van der Waals surface area contributed by atoms with Crippen molar-refractivity contribution in [3.63, 3.8) is 0 Å². The van der Waals surface area contributed by atoms with Gasteiger partial charge in [-0.1, -0.05) is 61.0 Å². The molecule has 0 aliphatic carbocycles. The highest BCUT2D eigenvalue weighted by Gasteiger charge is 2.19. The predicted molar refractivity (Wildman–Crippen MR) is 112 cm³/mol. The van der Waals surface area contributed by atoms with Gasteiger partial charge in [0.15, 0.2) is 0 Å². The van der Waals surface area contributed by atoms with Crippen LogP contribution in [0.5, 0.6) is 11.5 Å². The van der Waals surface area contributed by atoms with Crippen LogP contribution in [0.1, 0.15) is 35.7 Å². The number of benzene rings is 3. The second-order valence-electron chi connectivity index (χ2n) is 6.63. The molecule has 0 bridgehead atoms. The van der Waals surface area contributed by atoms with E-state index in [-0.39, 0.29) is 23.3 Å². The number of carbonyl (C=O) groups is 1. The summed E-state index contributed by atoms with van der Waals surface area (Å²) in [7, 11) is 0. The number of phenols is 1. The molecule has 2 unspecified atom stereocenters. The normalized spacial score (nSPS) is 12.8. The summed E-state index contributed by atoms with van der Waals surface area (Å²) in [5.41, 5.74) is 1.81. The summed E-state index contributed by atoms with van der Waals surface area (Å²) in [6.07, 6.45) is -0.111. The number of carbonyl (C=O) groups excluding carboxylic acids is 1. The van der Waals surface area contributed by atoms with Crippen molar-refractivity contribution in [1.29, 1.82) is 0 Å². The molecule has 3 rings (SSSR count). The van der Waals surface area contributed by atoms with Gasteiger partial charge in [0.2, 0.25) is 0 Å². The number of phenolic OH excluding ortho intramolecular Hbond substituents is 1. The Bertz CT molecular complexity index is 959. The van der Waals surface area contributed by atoms with Crippen molar-refractivity contribution in [1.82, 2.24) is 0 Å². The van der Waals surface area contributed by atoms with Crippen LogP contribution in [-0.2, 0) is 0 Å². The van der Waals surface area contributed by atoms with Gasteiger partial charge >= 0.3 is 0 Å². The van der Waals surface area contributed by atoms with Crippen LogP contribution in [0.4, 0.5) is 5.69 Å². The minimum atomic E-state index is -0.459. The van der Waals surface area contributed by atoms with Gasteiger partial charge in [0.05, 0.1) is 11.3 Å². The summed E-state index contributed by atoms with van der Waals surface area (Å²) < 4.78 is 6.15. The number of hydrogen-bond acceptors (Lipinski definition) is 3. The third-order valence-electron chi connectivity index (χ3n) is 4.68. The van der Waals surface area contributed by atoms with Crippen molar-refractivity contribution >= 4 is 23.2 Å². The average molecular weight is 396 g/mol. The van der Waals surface area contributed by atoms with Crippen molar-refractivity contribution < 1.29 is 14.6 Å². The monoisotopic (exact) mass is 395 g/mol. The van der Waals surface area contributed by atoms with E-state index in [4.69, 9.17) is 16.3 Å². The van der Waals surface area contributed by atoms with Crippen molar-refractivity contribution in [2.24, 2.45) is 0 Å². The molecule has 2 atom stereocenters. The minimum Gasteiger partial charge on any atom is -0.507 e. The van der Waals surface area contributed by atoms with Crippen LogP contribution in [0, 0.1) is 0 Å². The highest BCUT2D eigenvalue weighted by atomic mass is 35.5. The zero-order valence-corrected chi connectivity index (χ0v) is 16.5. The number of para-hydroxylation sites is 2. The molecule has 4 nitrogen and oxygen atoms in total. The fourth-order valence-electron chi connectivity index (χ4n) is 2.88. The van der Waals surface area contributed by atoms with Gasteiger partial charge in [-0.15, -0.1) is 0 Å². The zero-order valence-electron chi connectivity index (χ0n) is 15.7. The van der Waals surface area contributed by atoms with E-state index in [9.17, 15) is 9.90 Å². The standard InChI is InChI=1S/C23H22ClNO3/c1-15(17-8-4-3-5-9-17)16(2)28-22-11-7-6-10-20(22)25-23(27)19-14-18(24)12-13-21(19)26/h3-16,26H,1-2H3,(H,25,27). The van der Waals surface area contributed by atoms with Gasteiger partial charge < -0.3 is 15.2 Å². The van der Waals surface area contributed by atoms with Crippen LogP contribution in [0.15, 0.2) is 72.8 Å². The minimum absolute atomic E-state index is 0.105. The Kier molecular flexibility index (Phi) is 6.22. The lowest BCUT2D eigenvalue weighted by molar-refractivity contribution is 0.102. The number of ether oxygens (including phenoxy) is 1. The van der Waals surface area contributed by atoms with E-state index in [1.807, 2.05) is 43.3 Å². The highest BCUT2D eigenvalue weighted by Crippen LogP contribution is 2.30. The molecule has 0 aliphatic heterocycles. The lowest BCUT2D eigenvalue weighted by Gasteiger charge is -2.23. The molecule has 0 saturated carbocycles. The molecule has 144 valence electrons. The molecule has 2 N–H and O–H groups in total.